The van der Waals surface area contributed by atoms with Crippen LogP contribution in [0, 0.1) is 6.92 Å². The van der Waals surface area contributed by atoms with E-state index in [1.54, 1.807) is 13.1 Å². The highest BCUT2D eigenvalue weighted by Gasteiger charge is 2.30. The van der Waals surface area contributed by atoms with Gasteiger partial charge in [-0.15, -0.1) is 10.2 Å². The Morgan fingerprint density at radius 3 is 2.56 bits per heavy atom. The lowest BCUT2D eigenvalue weighted by Gasteiger charge is -2.38. The van der Waals surface area contributed by atoms with Crippen molar-refractivity contribution in [3.8, 4) is 11.5 Å². The molecular weight excluding hydrogens is 478 g/mol. The lowest BCUT2D eigenvalue weighted by Crippen LogP contribution is -2.51. The highest BCUT2D eigenvalue weighted by atomic mass is 35.5. The van der Waals surface area contributed by atoms with Crippen molar-refractivity contribution in [1.82, 2.24) is 30.4 Å². The molecule has 1 atom stereocenters. The van der Waals surface area contributed by atoms with E-state index in [0.29, 0.717) is 49.5 Å². The number of H-pyrrole nitrogens is 1. The summed E-state index contributed by atoms with van der Waals surface area (Å²) in [7, 11) is 0. The van der Waals surface area contributed by atoms with Crippen molar-refractivity contribution in [2.45, 2.75) is 32.7 Å². The van der Waals surface area contributed by atoms with Gasteiger partial charge in [0.2, 0.25) is 11.8 Å². The second-order valence-corrected chi connectivity index (χ2v) is 9.80. The average molecular weight is 508 g/mol. The van der Waals surface area contributed by atoms with Crippen molar-refractivity contribution in [3.63, 3.8) is 0 Å². The van der Waals surface area contributed by atoms with Crippen LogP contribution in [0.15, 0.2) is 47.1 Å². The van der Waals surface area contributed by atoms with Crippen LogP contribution in [-0.4, -0.2) is 69.7 Å². The number of halogens is 1. The van der Waals surface area contributed by atoms with Crippen LogP contribution in [-0.2, 0) is 4.79 Å². The summed E-state index contributed by atoms with van der Waals surface area (Å²) in [4.78, 5) is 25.6. The summed E-state index contributed by atoms with van der Waals surface area (Å²) in [6, 6.07) is 9.87. The smallest absolute Gasteiger partial charge is 0.251 e. The maximum Gasteiger partial charge on any atom is 0.251 e. The zero-order valence-electron chi connectivity index (χ0n) is 20.7. The number of carbonyl (C=O) groups is 1. The predicted octanol–water partition coefficient (Wildman–Crippen LogP) is 4.01. The molecule has 0 saturated carbocycles. The molecule has 1 aliphatic heterocycles. The maximum atomic E-state index is 13.7. The Morgan fingerprint density at radius 2 is 1.89 bits per heavy atom. The minimum absolute atomic E-state index is 0.124. The molecule has 2 N–H and O–H groups in total. The summed E-state index contributed by atoms with van der Waals surface area (Å²) in [6.07, 6.45) is 3.65. The van der Waals surface area contributed by atoms with Crippen LogP contribution >= 0.6 is 11.6 Å². The second-order valence-electron chi connectivity index (χ2n) is 9.37. The Morgan fingerprint density at radius 1 is 1.14 bits per heavy atom. The van der Waals surface area contributed by atoms with Gasteiger partial charge in [0, 0.05) is 68.5 Å². The molecule has 4 heterocycles. The SMILES string of the molecule is Cc1nnc(-c2cnc3[nH]ccc3c2N2CCN(C(=O)C(CNC(C)C)c3ccc(Cl)cc3)CC2)o1. The number of hydrogen-bond acceptors (Lipinski definition) is 7. The number of rotatable bonds is 7. The molecule has 0 spiro atoms. The zero-order valence-corrected chi connectivity index (χ0v) is 21.4. The van der Waals surface area contributed by atoms with E-state index >= 15 is 0 Å². The number of aryl methyl sites for hydroxylation is 1. The molecule has 1 aromatic carbocycles. The molecule has 1 saturated heterocycles. The lowest BCUT2D eigenvalue weighted by atomic mass is 9.96. The topological polar surface area (TPSA) is 103 Å². The fourth-order valence-corrected chi connectivity index (χ4v) is 4.79. The number of aromatic amines is 1. The Bertz CT molecular complexity index is 1340. The fourth-order valence-electron chi connectivity index (χ4n) is 4.66. The molecule has 0 aliphatic carbocycles. The molecule has 4 aromatic rings. The number of hydrogen-bond donors (Lipinski definition) is 2. The molecule has 10 heteroatoms. The van der Waals surface area contributed by atoms with Crippen molar-refractivity contribution in [1.29, 1.82) is 0 Å². The third kappa shape index (κ3) is 4.94. The number of fused-ring (bicyclic) bond motifs is 1. The van der Waals surface area contributed by atoms with Crippen molar-refractivity contribution in [2.24, 2.45) is 0 Å². The molecule has 188 valence electrons. The van der Waals surface area contributed by atoms with E-state index in [4.69, 9.17) is 16.0 Å². The van der Waals surface area contributed by atoms with E-state index in [1.807, 2.05) is 41.4 Å². The number of amides is 1. The van der Waals surface area contributed by atoms with Gasteiger partial charge in [-0.2, -0.15) is 0 Å². The minimum Gasteiger partial charge on any atom is -0.421 e. The number of nitrogens with one attached hydrogen (secondary N) is 2. The van der Waals surface area contributed by atoms with E-state index in [2.05, 4.69) is 44.2 Å². The third-order valence-corrected chi connectivity index (χ3v) is 6.77. The highest BCUT2D eigenvalue weighted by Crippen LogP contribution is 2.36. The Balaban J connectivity index is 1.37. The molecular formula is C26H30ClN7O2. The van der Waals surface area contributed by atoms with Gasteiger partial charge in [0.15, 0.2) is 0 Å². The van der Waals surface area contributed by atoms with Crippen LogP contribution in [0.5, 0.6) is 0 Å². The first kappa shape index (κ1) is 24.3. The van der Waals surface area contributed by atoms with E-state index < -0.39 is 0 Å². The van der Waals surface area contributed by atoms with Gasteiger partial charge in [-0.3, -0.25) is 4.79 Å². The van der Waals surface area contributed by atoms with Gasteiger partial charge in [0.1, 0.15) is 5.65 Å². The van der Waals surface area contributed by atoms with E-state index in [1.165, 1.54) is 0 Å². The second kappa shape index (κ2) is 10.3. The van der Waals surface area contributed by atoms with Gasteiger partial charge in [0.25, 0.3) is 5.89 Å². The number of nitrogens with zero attached hydrogens (tertiary/aromatic N) is 5. The number of pyridine rings is 1. The summed E-state index contributed by atoms with van der Waals surface area (Å²) in [6.45, 7) is 9.11. The normalized spacial score (nSPS) is 15.1. The molecule has 9 nitrogen and oxygen atoms in total. The first-order chi connectivity index (χ1) is 17.4. The monoisotopic (exact) mass is 507 g/mol. The van der Waals surface area contributed by atoms with Gasteiger partial charge in [-0.25, -0.2) is 4.98 Å². The number of benzene rings is 1. The maximum absolute atomic E-state index is 13.7. The molecule has 1 fully saturated rings. The number of carbonyl (C=O) groups excluding carboxylic acids is 1. The molecule has 1 unspecified atom stereocenters. The molecule has 1 amide bonds. The van der Waals surface area contributed by atoms with E-state index in [-0.39, 0.29) is 17.9 Å². The van der Waals surface area contributed by atoms with Crippen molar-refractivity contribution in [3.05, 3.63) is 59.2 Å². The van der Waals surface area contributed by atoms with E-state index in [9.17, 15) is 4.79 Å². The summed E-state index contributed by atoms with van der Waals surface area (Å²) >= 11 is 6.10. The van der Waals surface area contributed by atoms with E-state index in [0.717, 1.165) is 27.8 Å². The Labute approximate surface area is 214 Å². The average Bonchev–Trinajstić information content (AvgIpc) is 3.53. The van der Waals surface area contributed by atoms with Gasteiger partial charge < -0.3 is 24.5 Å². The van der Waals surface area contributed by atoms with Crippen LogP contribution in [0.3, 0.4) is 0 Å². The number of aromatic nitrogens is 4. The highest BCUT2D eigenvalue weighted by molar-refractivity contribution is 6.30. The van der Waals surface area contributed by atoms with Crippen LogP contribution < -0.4 is 10.2 Å². The van der Waals surface area contributed by atoms with Crippen molar-refractivity contribution in [2.75, 3.05) is 37.6 Å². The Hall–Kier alpha value is -3.43. The van der Waals surface area contributed by atoms with Crippen LogP contribution in [0.1, 0.15) is 31.2 Å². The predicted molar refractivity (Wildman–Crippen MR) is 140 cm³/mol. The van der Waals surface area contributed by atoms with Gasteiger partial charge in [0.05, 0.1) is 17.2 Å². The van der Waals surface area contributed by atoms with Crippen LogP contribution in [0.4, 0.5) is 5.69 Å². The molecule has 36 heavy (non-hydrogen) atoms. The molecule has 5 rings (SSSR count). The van der Waals surface area contributed by atoms with Crippen molar-refractivity contribution < 1.29 is 9.21 Å². The summed E-state index contributed by atoms with van der Waals surface area (Å²) in [5.41, 5.74) is 3.55. The van der Waals surface area contributed by atoms with Crippen LogP contribution in [0.2, 0.25) is 5.02 Å². The molecule has 1 aliphatic rings. The van der Waals surface area contributed by atoms with Gasteiger partial charge >= 0.3 is 0 Å². The van der Waals surface area contributed by atoms with Gasteiger partial charge in [-0.05, 0) is 23.8 Å². The number of piperazine rings is 1. The third-order valence-electron chi connectivity index (χ3n) is 6.52. The summed E-state index contributed by atoms with van der Waals surface area (Å²) in [5.74, 6) is 0.799. The quantitative estimate of drug-likeness (QED) is 0.389. The molecule has 3 aromatic heterocycles. The standard InChI is InChI=1S/C26H30ClN7O2/c1-16(2)29-14-21(18-4-6-19(27)7-5-18)26(35)34-12-10-33(11-13-34)23-20-8-9-28-24(20)30-15-22(23)25-32-31-17(3)36-25/h4-9,15-16,21,29H,10-14H2,1-3H3,(H,28,30). The first-order valence-electron chi connectivity index (χ1n) is 12.2. The summed E-state index contributed by atoms with van der Waals surface area (Å²) < 4.78 is 5.74. The summed E-state index contributed by atoms with van der Waals surface area (Å²) in [5, 5.41) is 13.3. The van der Waals surface area contributed by atoms with Crippen LogP contribution in [0.25, 0.3) is 22.5 Å². The lowest BCUT2D eigenvalue weighted by molar-refractivity contribution is -0.133. The number of anilines is 1. The Kier molecular flexibility index (Phi) is 6.93. The minimum atomic E-state index is -0.273. The zero-order chi connectivity index (χ0) is 25.2. The van der Waals surface area contributed by atoms with Crippen molar-refractivity contribution >= 4 is 34.2 Å². The van der Waals surface area contributed by atoms with Gasteiger partial charge in [-0.1, -0.05) is 37.6 Å². The fraction of sp³-hybridized carbons (Fsp3) is 0.385. The first-order valence-corrected chi connectivity index (χ1v) is 12.6. The molecule has 0 radical (unpaired) electrons. The largest absolute Gasteiger partial charge is 0.421 e. The molecule has 0 bridgehead atoms.